The van der Waals surface area contributed by atoms with Gasteiger partial charge in [-0.15, -0.1) is 0 Å². The Morgan fingerprint density at radius 3 is 2.56 bits per heavy atom. The van der Waals surface area contributed by atoms with Crippen molar-refractivity contribution in [2.24, 2.45) is 0 Å². The van der Waals surface area contributed by atoms with Crippen molar-refractivity contribution in [3.63, 3.8) is 0 Å². The fourth-order valence-corrected chi connectivity index (χ4v) is 3.35. The zero-order valence-electron chi connectivity index (χ0n) is 14.1. The normalized spacial score (nSPS) is 11.4. The van der Waals surface area contributed by atoms with Gasteiger partial charge in [0.05, 0.1) is 11.0 Å². The van der Waals surface area contributed by atoms with Crippen molar-refractivity contribution in [1.82, 2.24) is 9.97 Å². The van der Waals surface area contributed by atoms with E-state index in [4.69, 9.17) is 0 Å². The average molecular weight is 332 g/mol. The molecule has 1 N–H and O–H groups in total. The van der Waals surface area contributed by atoms with E-state index >= 15 is 0 Å². The Morgan fingerprint density at radius 1 is 0.800 bits per heavy atom. The molecule has 0 bridgehead atoms. The van der Waals surface area contributed by atoms with Crippen LogP contribution in [0.4, 0.5) is 4.39 Å². The van der Waals surface area contributed by atoms with Gasteiger partial charge in [-0.25, -0.2) is 9.37 Å². The smallest absolute Gasteiger partial charge is 0.125 e. The van der Waals surface area contributed by atoms with Gasteiger partial charge in [0.2, 0.25) is 0 Å². The lowest BCUT2D eigenvalue weighted by Gasteiger charge is -2.04. The number of nitrogens with zero attached hydrogens (tertiary/aromatic N) is 1. The summed E-state index contributed by atoms with van der Waals surface area (Å²) in [6.45, 7) is 0. The van der Waals surface area contributed by atoms with Gasteiger partial charge in [0.25, 0.3) is 0 Å². The number of aryl methyl sites for hydroxylation is 2. The number of imidazole rings is 1. The molecular weight excluding hydrogens is 311 g/mol. The van der Waals surface area contributed by atoms with E-state index in [-0.39, 0.29) is 5.82 Å². The molecule has 0 aliphatic carbocycles. The van der Waals surface area contributed by atoms with Gasteiger partial charge in [0.15, 0.2) is 0 Å². The topological polar surface area (TPSA) is 28.7 Å². The van der Waals surface area contributed by atoms with E-state index in [0.717, 1.165) is 42.5 Å². The molecule has 3 heteroatoms. The van der Waals surface area contributed by atoms with E-state index in [1.54, 1.807) is 6.07 Å². The van der Waals surface area contributed by atoms with Crippen LogP contribution in [0.1, 0.15) is 30.7 Å². The molecule has 0 saturated heterocycles. The van der Waals surface area contributed by atoms with Crippen molar-refractivity contribution in [2.45, 2.75) is 32.1 Å². The molecule has 0 aliphatic rings. The van der Waals surface area contributed by atoms with Gasteiger partial charge in [-0.1, -0.05) is 48.9 Å². The molecule has 0 fully saturated rings. The van der Waals surface area contributed by atoms with Gasteiger partial charge >= 0.3 is 0 Å². The molecule has 0 amide bonds. The molecule has 1 heterocycles. The SMILES string of the molecule is Fc1ccc2nc(CCCCCc3ccc4ccccc4c3)[nH]c2c1. The Kier molecular flexibility index (Phi) is 4.47. The van der Waals surface area contributed by atoms with Gasteiger partial charge in [0, 0.05) is 6.42 Å². The van der Waals surface area contributed by atoms with E-state index in [2.05, 4.69) is 52.4 Å². The minimum absolute atomic E-state index is 0.224. The maximum absolute atomic E-state index is 13.2. The second kappa shape index (κ2) is 7.06. The van der Waals surface area contributed by atoms with Crippen LogP contribution in [0.25, 0.3) is 21.8 Å². The first-order valence-corrected chi connectivity index (χ1v) is 8.90. The Balaban J connectivity index is 1.28. The van der Waals surface area contributed by atoms with Gasteiger partial charge in [-0.2, -0.15) is 0 Å². The molecule has 4 aromatic rings. The number of benzene rings is 3. The fraction of sp³-hybridized carbons (Fsp3) is 0.227. The summed E-state index contributed by atoms with van der Waals surface area (Å²) in [6.07, 6.45) is 5.45. The first-order chi connectivity index (χ1) is 12.3. The van der Waals surface area contributed by atoms with E-state index in [0.29, 0.717) is 0 Å². The van der Waals surface area contributed by atoms with Crippen LogP contribution in [0.15, 0.2) is 60.7 Å². The second-order valence-electron chi connectivity index (χ2n) is 6.59. The molecular formula is C22H21FN2. The molecule has 1 aromatic heterocycles. The molecule has 0 saturated carbocycles. The second-order valence-corrected chi connectivity index (χ2v) is 6.59. The maximum Gasteiger partial charge on any atom is 0.125 e. The summed E-state index contributed by atoms with van der Waals surface area (Å²) in [7, 11) is 0. The Bertz CT molecular complexity index is 1000. The Hall–Kier alpha value is -2.68. The zero-order valence-corrected chi connectivity index (χ0v) is 14.1. The minimum Gasteiger partial charge on any atom is -0.342 e. The summed E-state index contributed by atoms with van der Waals surface area (Å²) in [4.78, 5) is 7.74. The van der Waals surface area contributed by atoms with Crippen LogP contribution in [-0.4, -0.2) is 9.97 Å². The molecule has 3 aromatic carbocycles. The van der Waals surface area contributed by atoms with Crippen molar-refractivity contribution in [3.8, 4) is 0 Å². The van der Waals surface area contributed by atoms with Crippen LogP contribution in [0.2, 0.25) is 0 Å². The first-order valence-electron chi connectivity index (χ1n) is 8.90. The maximum atomic E-state index is 13.2. The third-order valence-electron chi connectivity index (χ3n) is 4.69. The highest BCUT2D eigenvalue weighted by molar-refractivity contribution is 5.83. The molecule has 0 unspecified atom stereocenters. The van der Waals surface area contributed by atoms with E-state index in [1.165, 1.54) is 34.9 Å². The van der Waals surface area contributed by atoms with Crippen molar-refractivity contribution < 1.29 is 4.39 Å². The molecule has 0 aliphatic heterocycles. The summed E-state index contributed by atoms with van der Waals surface area (Å²) in [5.41, 5.74) is 3.02. The standard InChI is InChI=1S/C22H21FN2/c23-19-12-13-20-21(15-19)25-22(24-20)9-3-1-2-6-16-10-11-17-7-4-5-8-18(17)14-16/h4-5,7-8,10-15H,1-3,6,9H2,(H,24,25). The van der Waals surface area contributed by atoms with Crippen molar-refractivity contribution in [3.05, 3.63) is 77.9 Å². The highest BCUT2D eigenvalue weighted by Gasteiger charge is 2.04. The number of H-pyrrole nitrogens is 1. The number of halogens is 1. The van der Waals surface area contributed by atoms with Crippen LogP contribution < -0.4 is 0 Å². The predicted molar refractivity (Wildman–Crippen MR) is 101 cm³/mol. The largest absolute Gasteiger partial charge is 0.342 e. The first kappa shape index (κ1) is 15.8. The number of rotatable bonds is 6. The molecule has 126 valence electrons. The molecule has 0 radical (unpaired) electrons. The number of aromatic nitrogens is 2. The number of fused-ring (bicyclic) bond motifs is 2. The molecule has 0 atom stereocenters. The quantitative estimate of drug-likeness (QED) is 0.443. The van der Waals surface area contributed by atoms with Gasteiger partial charge < -0.3 is 4.98 Å². The van der Waals surface area contributed by atoms with Crippen LogP contribution in [0.3, 0.4) is 0 Å². The molecule has 25 heavy (non-hydrogen) atoms. The van der Waals surface area contributed by atoms with Gasteiger partial charge in [-0.05, 0) is 53.8 Å². The van der Waals surface area contributed by atoms with Gasteiger partial charge in [-0.3, -0.25) is 0 Å². The molecule has 2 nitrogen and oxygen atoms in total. The number of hydrogen-bond acceptors (Lipinski definition) is 1. The van der Waals surface area contributed by atoms with Crippen LogP contribution in [0, 0.1) is 5.82 Å². The van der Waals surface area contributed by atoms with Crippen molar-refractivity contribution in [1.29, 1.82) is 0 Å². The number of aromatic amines is 1. The number of unbranched alkanes of at least 4 members (excludes halogenated alkanes) is 2. The van der Waals surface area contributed by atoms with E-state index in [9.17, 15) is 4.39 Å². The summed E-state index contributed by atoms with van der Waals surface area (Å²) in [6, 6.07) is 19.9. The summed E-state index contributed by atoms with van der Waals surface area (Å²) in [5, 5.41) is 2.61. The lowest BCUT2D eigenvalue weighted by molar-refractivity contribution is 0.629. The summed E-state index contributed by atoms with van der Waals surface area (Å²) < 4.78 is 13.2. The molecule has 4 rings (SSSR count). The average Bonchev–Trinajstić information content (AvgIpc) is 3.03. The number of nitrogens with one attached hydrogen (secondary N) is 1. The highest BCUT2D eigenvalue weighted by atomic mass is 19.1. The highest BCUT2D eigenvalue weighted by Crippen LogP contribution is 2.18. The lowest BCUT2D eigenvalue weighted by Crippen LogP contribution is -1.90. The third-order valence-corrected chi connectivity index (χ3v) is 4.69. The lowest BCUT2D eigenvalue weighted by atomic mass is 10.0. The van der Waals surface area contributed by atoms with Crippen molar-refractivity contribution >= 4 is 21.8 Å². The zero-order chi connectivity index (χ0) is 17.1. The van der Waals surface area contributed by atoms with Crippen molar-refractivity contribution in [2.75, 3.05) is 0 Å². The monoisotopic (exact) mass is 332 g/mol. The van der Waals surface area contributed by atoms with E-state index in [1.807, 2.05) is 0 Å². The summed E-state index contributed by atoms with van der Waals surface area (Å²) in [5.74, 6) is 0.726. The Labute approximate surface area is 146 Å². The fourth-order valence-electron chi connectivity index (χ4n) is 3.35. The van der Waals surface area contributed by atoms with Crippen LogP contribution >= 0.6 is 0 Å². The van der Waals surface area contributed by atoms with E-state index < -0.39 is 0 Å². The predicted octanol–water partition coefficient (Wildman–Crippen LogP) is 5.81. The van der Waals surface area contributed by atoms with Crippen LogP contribution in [-0.2, 0) is 12.8 Å². The minimum atomic E-state index is -0.224. The molecule has 0 spiro atoms. The Morgan fingerprint density at radius 2 is 1.64 bits per heavy atom. The number of hydrogen-bond donors (Lipinski definition) is 1. The van der Waals surface area contributed by atoms with Gasteiger partial charge in [0.1, 0.15) is 11.6 Å². The van der Waals surface area contributed by atoms with Crippen LogP contribution in [0.5, 0.6) is 0 Å². The summed E-state index contributed by atoms with van der Waals surface area (Å²) >= 11 is 0. The third kappa shape index (κ3) is 3.71.